The van der Waals surface area contributed by atoms with E-state index in [1.54, 1.807) is 36.4 Å². The van der Waals surface area contributed by atoms with Crippen LogP contribution in [0.25, 0.3) is 0 Å². The van der Waals surface area contributed by atoms with Crippen molar-refractivity contribution in [2.24, 2.45) is 5.92 Å². The molecule has 0 aliphatic carbocycles. The van der Waals surface area contributed by atoms with Crippen LogP contribution in [-0.2, 0) is 27.1 Å². The molecular weight excluding hydrogens is 403 g/mol. The molecule has 0 bridgehead atoms. The molecule has 1 amide bonds. The molecule has 0 unspecified atom stereocenters. The Hall–Kier alpha value is -1.96. The van der Waals surface area contributed by atoms with E-state index in [4.69, 9.17) is 11.6 Å². The van der Waals surface area contributed by atoms with Gasteiger partial charge >= 0.3 is 0 Å². The predicted molar refractivity (Wildman–Crippen MR) is 107 cm³/mol. The molecular formula is C20H22ClFN2O3S. The van der Waals surface area contributed by atoms with Gasteiger partial charge in [-0.3, -0.25) is 4.79 Å². The van der Waals surface area contributed by atoms with Gasteiger partial charge in [-0.05, 0) is 48.2 Å². The molecule has 3 rings (SSSR count). The molecule has 28 heavy (non-hydrogen) atoms. The predicted octanol–water partition coefficient (Wildman–Crippen LogP) is 3.34. The first kappa shape index (κ1) is 20.8. The average molecular weight is 425 g/mol. The van der Waals surface area contributed by atoms with Gasteiger partial charge in [0, 0.05) is 30.6 Å². The zero-order valence-electron chi connectivity index (χ0n) is 15.3. The van der Waals surface area contributed by atoms with Crippen molar-refractivity contribution in [2.45, 2.75) is 25.1 Å². The monoisotopic (exact) mass is 424 g/mol. The molecule has 1 aliphatic heterocycles. The van der Waals surface area contributed by atoms with Gasteiger partial charge in [0.2, 0.25) is 15.9 Å². The molecule has 1 fully saturated rings. The van der Waals surface area contributed by atoms with Crippen LogP contribution >= 0.6 is 11.6 Å². The lowest BCUT2D eigenvalue weighted by atomic mass is 9.97. The summed E-state index contributed by atoms with van der Waals surface area (Å²) in [4.78, 5) is 12.4. The SMILES string of the molecule is O=C(NCc1ccc(F)cc1)C1CCN(S(=O)(=O)Cc2ccc(Cl)cc2)CC1. The Bertz CT molecular complexity index is 909. The van der Waals surface area contributed by atoms with Crippen LogP contribution in [0.1, 0.15) is 24.0 Å². The summed E-state index contributed by atoms with van der Waals surface area (Å²) in [5.41, 5.74) is 1.50. The Morgan fingerprint density at radius 2 is 1.61 bits per heavy atom. The molecule has 1 heterocycles. The fourth-order valence-corrected chi connectivity index (χ4v) is 4.90. The summed E-state index contributed by atoms with van der Waals surface area (Å²) in [6, 6.07) is 12.7. The number of carbonyl (C=O) groups is 1. The molecule has 8 heteroatoms. The van der Waals surface area contributed by atoms with Crippen molar-refractivity contribution < 1.29 is 17.6 Å². The molecule has 0 aromatic heterocycles. The summed E-state index contributed by atoms with van der Waals surface area (Å²) in [7, 11) is -3.43. The average Bonchev–Trinajstić information content (AvgIpc) is 2.69. The molecule has 1 saturated heterocycles. The van der Waals surface area contributed by atoms with E-state index >= 15 is 0 Å². The lowest BCUT2D eigenvalue weighted by Crippen LogP contribution is -2.43. The lowest BCUT2D eigenvalue weighted by Gasteiger charge is -2.30. The van der Waals surface area contributed by atoms with Crippen LogP contribution in [0.15, 0.2) is 48.5 Å². The zero-order chi connectivity index (χ0) is 20.1. The van der Waals surface area contributed by atoms with Gasteiger partial charge in [0.25, 0.3) is 0 Å². The van der Waals surface area contributed by atoms with E-state index < -0.39 is 10.0 Å². The highest BCUT2D eigenvalue weighted by Crippen LogP contribution is 2.22. The molecule has 2 aromatic rings. The highest BCUT2D eigenvalue weighted by Gasteiger charge is 2.31. The standard InChI is InChI=1S/C20H22ClFN2O3S/c21-18-5-1-16(2-6-18)14-28(26,27)24-11-9-17(10-12-24)20(25)23-13-15-3-7-19(22)8-4-15/h1-8,17H,9-14H2,(H,23,25). The van der Waals surface area contributed by atoms with Gasteiger partial charge in [-0.25, -0.2) is 17.1 Å². The second-order valence-corrected chi connectivity index (χ2v) is 9.31. The number of rotatable bonds is 6. The minimum Gasteiger partial charge on any atom is -0.352 e. The van der Waals surface area contributed by atoms with Crippen LogP contribution in [0.3, 0.4) is 0 Å². The van der Waals surface area contributed by atoms with Gasteiger partial charge < -0.3 is 5.32 Å². The fraction of sp³-hybridized carbons (Fsp3) is 0.350. The van der Waals surface area contributed by atoms with E-state index in [-0.39, 0.29) is 23.4 Å². The second-order valence-electron chi connectivity index (χ2n) is 6.90. The lowest BCUT2D eigenvalue weighted by molar-refractivity contribution is -0.126. The van der Waals surface area contributed by atoms with Gasteiger partial charge in [0.05, 0.1) is 5.75 Å². The van der Waals surface area contributed by atoms with Crippen LogP contribution < -0.4 is 5.32 Å². The third-order valence-electron chi connectivity index (χ3n) is 4.86. The van der Waals surface area contributed by atoms with Crippen LogP contribution in [0.2, 0.25) is 5.02 Å². The summed E-state index contributed by atoms with van der Waals surface area (Å²) in [6.07, 6.45) is 0.962. The molecule has 0 saturated carbocycles. The van der Waals surface area contributed by atoms with Gasteiger partial charge in [-0.1, -0.05) is 35.9 Å². The van der Waals surface area contributed by atoms with Crippen LogP contribution in [0.4, 0.5) is 4.39 Å². The summed E-state index contributed by atoms with van der Waals surface area (Å²) in [5.74, 6) is -0.713. The molecule has 0 atom stereocenters. The Morgan fingerprint density at radius 3 is 2.21 bits per heavy atom. The summed E-state index contributed by atoms with van der Waals surface area (Å²) >= 11 is 5.83. The number of carbonyl (C=O) groups excluding carboxylic acids is 1. The third kappa shape index (κ3) is 5.53. The molecule has 0 radical (unpaired) electrons. The molecule has 1 N–H and O–H groups in total. The van der Waals surface area contributed by atoms with Gasteiger partial charge in [0.15, 0.2) is 0 Å². The number of sulfonamides is 1. The van der Waals surface area contributed by atoms with E-state index in [0.717, 1.165) is 5.56 Å². The van der Waals surface area contributed by atoms with Crippen LogP contribution in [0, 0.1) is 11.7 Å². The zero-order valence-corrected chi connectivity index (χ0v) is 16.8. The van der Waals surface area contributed by atoms with Crippen LogP contribution in [-0.4, -0.2) is 31.7 Å². The van der Waals surface area contributed by atoms with E-state index in [1.165, 1.54) is 16.4 Å². The largest absolute Gasteiger partial charge is 0.352 e. The first-order valence-electron chi connectivity index (χ1n) is 9.08. The van der Waals surface area contributed by atoms with Crippen molar-refractivity contribution in [3.63, 3.8) is 0 Å². The van der Waals surface area contributed by atoms with Gasteiger partial charge in [0.1, 0.15) is 5.82 Å². The molecule has 150 valence electrons. The normalized spacial score (nSPS) is 16.1. The topological polar surface area (TPSA) is 66.5 Å². The quantitative estimate of drug-likeness (QED) is 0.773. The number of hydrogen-bond acceptors (Lipinski definition) is 3. The van der Waals surface area contributed by atoms with Crippen molar-refractivity contribution in [1.29, 1.82) is 0 Å². The maximum Gasteiger partial charge on any atom is 0.223 e. The number of hydrogen-bond donors (Lipinski definition) is 1. The maximum atomic E-state index is 12.9. The molecule has 2 aromatic carbocycles. The minimum atomic E-state index is -3.43. The number of piperidine rings is 1. The maximum absolute atomic E-state index is 12.9. The van der Waals surface area contributed by atoms with Gasteiger partial charge in [-0.2, -0.15) is 0 Å². The van der Waals surface area contributed by atoms with Crippen molar-refractivity contribution in [2.75, 3.05) is 13.1 Å². The van der Waals surface area contributed by atoms with E-state index in [1.807, 2.05) is 0 Å². The summed E-state index contributed by atoms with van der Waals surface area (Å²) in [5, 5.41) is 3.41. The summed E-state index contributed by atoms with van der Waals surface area (Å²) in [6.45, 7) is 0.976. The Balaban J connectivity index is 1.49. The number of nitrogens with zero attached hydrogens (tertiary/aromatic N) is 1. The van der Waals surface area contributed by atoms with E-state index in [2.05, 4.69) is 5.32 Å². The number of nitrogens with one attached hydrogen (secondary N) is 1. The molecule has 0 spiro atoms. The Labute approximate surface area is 169 Å². The second kappa shape index (κ2) is 9.03. The summed E-state index contributed by atoms with van der Waals surface area (Å²) < 4.78 is 39.6. The first-order valence-corrected chi connectivity index (χ1v) is 11.1. The first-order chi connectivity index (χ1) is 13.3. The van der Waals surface area contributed by atoms with Crippen molar-refractivity contribution in [3.8, 4) is 0 Å². The van der Waals surface area contributed by atoms with Crippen LogP contribution in [0.5, 0.6) is 0 Å². The van der Waals surface area contributed by atoms with Gasteiger partial charge in [-0.15, -0.1) is 0 Å². The van der Waals surface area contributed by atoms with E-state index in [9.17, 15) is 17.6 Å². The highest BCUT2D eigenvalue weighted by molar-refractivity contribution is 7.88. The minimum absolute atomic E-state index is 0.0778. The van der Waals surface area contributed by atoms with Crippen molar-refractivity contribution in [3.05, 3.63) is 70.5 Å². The fourth-order valence-electron chi connectivity index (χ4n) is 3.21. The number of amides is 1. The third-order valence-corrected chi connectivity index (χ3v) is 6.96. The Morgan fingerprint density at radius 1 is 1.04 bits per heavy atom. The smallest absolute Gasteiger partial charge is 0.223 e. The number of halogens is 2. The molecule has 1 aliphatic rings. The Kier molecular flexibility index (Phi) is 6.69. The van der Waals surface area contributed by atoms with E-state index in [0.29, 0.717) is 43.1 Å². The van der Waals surface area contributed by atoms with Crippen molar-refractivity contribution >= 4 is 27.5 Å². The highest BCUT2D eigenvalue weighted by atomic mass is 35.5. The molecule has 5 nitrogen and oxygen atoms in total. The number of benzene rings is 2. The van der Waals surface area contributed by atoms with Crippen molar-refractivity contribution in [1.82, 2.24) is 9.62 Å².